The number of rotatable bonds is 4. The van der Waals surface area contributed by atoms with E-state index in [4.69, 9.17) is 4.74 Å². The van der Waals surface area contributed by atoms with Crippen molar-refractivity contribution in [2.75, 3.05) is 19.7 Å². The number of hydrogen-bond donors (Lipinski definition) is 0. The van der Waals surface area contributed by atoms with Crippen LogP contribution in [0.2, 0.25) is 0 Å². The van der Waals surface area contributed by atoms with Crippen LogP contribution >= 0.6 is 0 Å². The Balaban J connectivity index is 1.58. The summed E-state index contributed by atoms with van der Waals surface area (Å²) in [5.74, 6) is -0.642. The third-order valence-electron chi connectivity index (χ3n) is 4.11. The fraction of sp³-hybridized carbons (Fsp3) is 0.316. The minimum Gasteiger partial charge on any atom is -0.452 e. The van der Waals surface area contributed by atoms with E-state index in [0.29, 0.717) is 0 Å². The summed E-state index contributed by atoms with van der Waals surface area (Å²) in [6, 6.07) is 9.60. The van der Waals surface area contributed by atoms with Crippen molar-refractivity contribution in [3.8, 4) is 0 Å². The zero-order chi connectivity index (χ0) is 16.8. The second kappa shape index (κ2) is 7.73. The molecule has 1 aromatic carbocycles. The van der Waals surface area contributed by atoms with Crippen molar-refractivity contribution in [2.24, 2.45) is 0 Å². The number of benzene rings is 1. The van der Waals surface area contributed by atoms with Crippen molar-refractivity contribution in [1.82, 2.24) is 9.88 Å². The molecule has 3 rings (SSSR count). The Morgan fingerprint density at radius 3 is 2.75 bits per heavy atom. The number of ether oxygens (including phenoxy) is 1. The summed E-state index contributed by atoms with van der Waals surface area (Å²) >= 11 is 0. The Morgan fingerprint density at radius 1 is 1.12 bits per heavy atom. The van der Waals surface area contributed by atoms with Crippen LogP contribution in [0.25, 0.3) is 17.0 Å². The van der Waals surface area contributed by atoms with Gasteiger partial charge in [-0.1, -0.05) is 24.3 Å². The van der Waals surface area contributed by atoms with Crippen LogP contribution in [0.3, 0.4) is 0 Å². The lowest BCUT2D eigenvalue weighted by atomic mass is 10.1. The lowest BCUT2D eigenvalue weighted by Gasteiger charge is -2.26. The van der Waals surface area contributed by atoms with Gasteiger partial charge in [-0.05, 0) is 31.4 Å². The lowest BCUT2D eigenvalue weighted by molar-refractivity contribution is -0.148. The first-order valence-corrected chi connectivity index (χ1v) is 8.20. The number of carbonyl (C=O) groups excluding carboxylic acids is 2. The summed E-state index contributed by atoms with van der Waals surface area (Å²) in [5.41, 5.74) is 1.67. The van der Waals surface area contributed by atoms with Crippen molar-refractivity contribution in [3.05, 3.63) is 48.2 Å². The zero-order valence-electron chi connectivity index (χ0n) is 13.5. The molecule has 1 aliphatic rings. The number of fused-ring (bicyclic) bond motifs is 1. The van der Waals surface area contributed by atoms with Crippen LogP contribution in [-0.2, 0) is 14.3 Å². The first-order chi connectivity index (χ1) is 11.7. The van der Waals surface area contributed by atoms with Gasteiger partial charge in [0.2, 0.25) is 0 Å². The Labute approximate surface area is 140 Å². The number of para-hydroxylation sites is 1. The molecule has 0 unspecified atom stereocenters. The number of hydrogen-bond acceptors (Lipinski definition) is 4. The molecule has 5 heteroatoms. The molecule has 0 N–H and O–H groups in total. The van der Waals surface area contributed by atoms with Gasteiger partial charge in [-0.2, -0.15) is 0 Å². The van der Waals surface area contributed by atoms with E-state index in [-0.39, 0.29) is 12.5 Å². The predicted octanol–water partition coefficient (Wildman–Crippen LogP) is 2.80. The summed E-state index contributed by atoms with van der Waals surface area (Å²) in [4.78, 5) is 29.9. The standard InChI is InChI=1S/C19H20N2O3/c22-17(21-12-2-1-3-13-21)14-24-18(23)10-9-16-7-4-6-15-8-5-11-20-19(15)16/h4-11H,1-3,12-14H2/b10-9+. The summed E-state index contributed by atoms with van der Waals surface area (Å²) in [5, 5.41) is 1.01. The quantitative estimate of drug-likeness (QED) is 0.641. The summed E-state index contributed by atoms with van der Waals surface area (Å²) in [7, 11) is 0. The maximum atomic E-state index is 12.0. The van der Waals surface area contributed by atoms with E-state index in [1.54, 1.807) is 17.2 Å². The van der Waals surface area contributed by atoms with E-state index < -0.39 is 5.97 Å². The van der Waals surface area contributed by atoms with Gasteiger partial charge in [-0.25, -0.2) is 4.79 Å². The Morgan fingerprint density at radius 2 is 1.92 bits per heavy atom. The van der Waals surface area contributed by atoms with E-state index in [1.807, 2.05) is 30.3 Å². The molecule has 2 heterocycles. The molecule has 124 valence electrons. The molecule has 1 saturated heterocycles. The van der Waals surface area contributed by atoms with Gasteiger partial charge < -0.3 is 9.64 Å². The summed E-state index contributed by atoms with van der Waals surface area (Å²) in [6.45, 7) is 1.32. The SMILES string of the molecule is O=C(/C=C/c1cccc2cccnc12)OCC(=O)N1CCCCC1. The second-order valence-corrected chi connectivity index (χ2v) is 5.80. The highest BCUT2D eigenvalue weighted by molar-refractivity contribution is 5.93. The molecule has 0 spiro atoms. The van der Waals surface area contributed by atoms with Crippen molar-refractivity contribution in [2.45, 2.75) is 19.3 Å². The van der Waals surface area contributed by atoms with E-state index in [9.17, 15) is 9.59 Å². The fourth-order valence-corrected chi connectivity index (χ4v) is 2.84. The molecule has 1 fully saturated rings. The minimum atomic E-state index is -0.520. The van der Waals surface area contributed by atoms with Gasteiger partial charge in [-0.15, -0.1) is 0 Å². The maximum Gasteiger partial charge on any atom is 0.331 e. The molecule has 1 amide bonds. The normalized spacial score (nSPS) is 14.9. The number of aromatic nitrogens is 1. The molecule has 0 atom stereocenters. The van der Waals surface area contributed by atoms with Gasteiger partial charge in [0.05, 0.1) is 5.52 Å². The highest BCUT2D eigenvalue weighted by Gasteiger charge is 2.17. The van der Waals surface area contributed by atoms with Crippen LogP contribution in [-0.4, -0.2) is 41.5 Å². The topological polar surface area (TPSA) is 59.5 Å². The van der Waals surface area contributed by atoms with Gasteiger partial charge in [-0.3, -0.25) is 9.78 Å². The average Bonchev–Trinajstić information content (AvgIpc) is 2.65. The molecule has 0 saturated carbocycles. The Kier molecular flexibility index (Phi) is 5.21. The Hall–Kier alpha value is -2.69. The number of piperidine rings is 1. The van der Waals surface area contributed by atoms with Crippen LogP contribution in [0.15, 0.2) is 42.6 Å². The molecule has 0 bridgehead atoms. The first kappa shape index (κ1) is 16.2. The van der Waals surface area contributed by atoms with E-state index in [2.05, 4.69) is 4.98 Å². The molecule has 0 radical (unpaired) electrons. The van der Waals surface area contributed by atoms with Gasteiger partial charge >= 0.3 is 5.97 Å². The van der Waals surface area contributed by atoms with E-state index >= 15 is 0 Å². The largest absolute Gasteiger partial charge is 0.452 e. The van der Waals surface area contributed by atoms with Crippen molar-refractivity contribution >= 4 is 28.9 Å². The molecule has 1 aliphatic heterocycles. The smallest absolute Gasteiger partial charge is 0.331 e. The highest BCUT2D eigenvalue weighted by atomic mass is 16.5. The number of esters is 1. The predicted molar refractivity (Wildman–Crippen MR) is 92.2 cm³/mol. The Bertz CT molecular complexity index is 759. The van der Waals surface area contributed by atoms with E-state index in [0.717, 1.165) is 48.8 Å². The van der Waals surface area contributed by atoms with Crippen LogP contribution < -0.4 is 0 Å². The highest BCUT2D eigenvalue weighted by Crippen LogP contribution is 2.17. The van der Waals surface area contributed by atoms with Gasteiger partial charge in [0, 0.05) is 36.3 Å². The fourth-order valence-electron chi connectivity index (χ4n) is 2.84. The van der Waals surface area contributed by atoms with Gasteiger partial charge in [0.25, 0.3) is 5.91 Å². The molecule has 2 aromatic rings. The lowest BCUT2D eigenvalue weighted by Crippen LogP contribution is -2.38. The molecule has 5 nitrogen and oxygen atoms in total. The third-order valence-corrected chi connectivity index (χ3v) is 4.11. The third kappa shape index (κ3) is 3.98. The van der Waals surface area contributed by atoms with Crippen molar-refractivity contribution < 1.29 is 14.3 Å². The van der Waals surface area contributed by atoms with Crippen LogP contribution in [0, 0.1) is 0 Å². The van der Waals surface area contributed by atoms with Crippen LogP contribution in [0.5, 0.6) is 0 Å². The van der Waals surface area contributed by atoms with Crippen LogP contribution in [0.1, 0.15) is 24.8 Å². The summed E-state index contributed by atoms with van der Waals surface area (Å²) in [6.07, 6.45) is 7.93. The van der Waals surface area contributed by atoms with Crippen molar-refractivity contribution in [3.63, 3.8) is 0 Å². The number of pyridine rings is 1. The number of nitrogens with zero attached hydrogens (tertiary/aromatic N) is 2. The number of amides is 1. The first-order valence-electron chi connectivity index (χ1n) is 8.20. The zero-order valence-corrected chi connectivity index (χ0v) is 13.5. The number of carbonyl (C=O) groups is 2. The van der Waals surface area contributed by atoms with Gasteiger partial charge in [0.1, 0.15) is 0 Å². The minimum absolute atomic E-state index is 0.122. The summed E-state index contributed by atoms with van der Waals surface area (Å²) < 4.78 is 5.05. The average molecular weight is 324 g/mol. The molecular weight excluding hydrogens is 304 g/mol. The van der Waals surface area contributed by atoms with Gasteiger partial charge in [0.15, 0.2) is 6.61 Å². The van der Waals surface area contributed by atoms with Crippen molar-refractivity contribution in [1.29, 1.82) is 0 Å². The maximum absolute atomic E-state index is 12.0. The second-order valence-electron chi connectivity index (χ2n) is 5.80. The molecule has 1 aromatic heterocycles. The molecule has 0 aliphatic carbocycles. The molecular formula is C19H20N2O3. The molecule has 24 heavy (non-hydrogen) atoms. The van der Waals surface area contributed by atoms with Crippen LogP contribution in [0.4, 0.5) is 0 Å². The monoisotopic (exact) mass is 324 g/mol. The number of likely N-dealkylation sites (tertiary alicyclic amines) is 1. The van der Waals surface area contributed by atoms with E-state index in [1.165, 1.54) is 6.08 Å².